The number of fused-ring (bicyclic) bond motifs is 3. The maximum absolute atomic E-state index is 14.7. The fourth-order valence-electron chi connectivity index (χ4n) is 5.40. The molecule has 36 heavy (non-hydrogen) atoms. The summed E-state index contributed by atoms with van der Waals surface area (Å²) in [5.41, 5.74) is 4.04. The minimum atomic E-state index is -1.60. The van der Waals surface area contributed by atoms with Crippen LogP contribution < -0.4 is 16.2 Å². The summed E-state index contributed by atoms with van der Waals surface area (Å²) in [4.78, 5) is 22.1. The highest BCUT2D eigenvalue weighted by Gasteiger charge is 2.46. The summed E-state index contributed by atoms with van der Waals surface area (Å²) in [6, 6.07) is 11.8. The summed E-state index contributed by atoms with van der Waals surface area (Å²) in [5.74, 6) is 0.641. The molecule has 1 aliphatic carbocycles. The van der Waals surface area contributed by atoms with Gasteiger partial charge in [-0.25, -0.2) is 18.7 Å². The predicted octanol–water partition coefficient (Wildman–Crippen LogP) is 5.25. The molecule has 2 aliphatic rings. The molecule has 186 valence electrons. The van der Waals surface area contributed by atoms with Crippen LogP contribution in [0.4, 0.5) is 15.9 Å². The van der Waals surface area contributed by atoms with Crippen molar-refractivity contribution in [1.82, 2.24) is 24.6 Å². The molecule has 1 fully saturated rings. The van der Waals surface area contributed by atoms with Gasteiger partial charge in [-0.15, -0.1) is 0 Å². The molecule has 0 bridgehead atoms. The van der Waals surface area contributed by atoms with Crippen LogP contribution in [0.2, 0.25) is 0 Å². The van der Waals surface area contributed by atoms with Gasteiger partial charge in [0.05, 0.1) is 22.3 Å². The Morgan fingerprint density at radius 1 is 1.14 bits per heavy atom. The number of halogens is 1. The van der Waals surface area contributed by atoms with Crippen molar-refractivity contribution >= 4 is 22.4 Å². The normalized spacial score (nSPS) is 16.5. The van der Waals surface area contributed by atoms with Gasteiger partial charge in [-0.05, 0) is 75.9 Å². The highest BCUT2D eigenvalue weighted by molar-refractivity contribution is 5.83. The van der Waals surface area contributed by atoms with Crippen molar-refractivity contribution in [2.45, 2.75) is 64.2 Å². The van der Waals surface area contributed by atoms with Crippen LogP contribution in [0.15, 0.2) is 53.6 Å². The van der Waals surface area contributed by atoms with Crippen LogP contribution in [0.1, 0.15) is 63.4 Å². The van der Waals surface area contributed by atoms with Crippen LogP contribution in [-0.2, 0) is 17.6 Å². The molecule has 1 spiro atoms. The fourth-order valence-corrected chi connectivity index (χ4v) is 5.40. The molecule has 4 aromatic rings. The second-order valence-electron chi connectivity index (χ2n) is 10.9. The molecule has 4 heterocycles. The lowest BCUT2D eigenvalue weighted by Gasteiger charge is -2.26. The third kappa shape index (κ3) is 3.71. The first-order valence-electron chi connectivity index (χ1n) is 12.6. The quantitative estimate of drug-likeness (QED) is 0.403. The lowest BCUT2D eigenvalue weighted by Crippen LogP contribution is -2.33. The van der Waals surface area contributed by atoms with E-state index in [1.165, 1.54) is 37.8 Å². The van der Waals surface area contributed by atoms with E-state index in [0.29, 0.717) is 33.5 Å². The van der Waals surface area contributed by atoms with Crippen molar-refractivity contribution in [1.29, 1.82) is 0 Å². The molecule has 2 N–H and O–H groups in total. The Kier molecular flexibility index (Phi) is 5.09. The average molecular weight is 487 g/mol. The highest BCUT2D eigenvalue weighted by atomic mass is 19.1. The van der Waals surface area contributed by atoms with Crippen LogP contribution in [0.25, 0.3) is 16.6 Å². The van der Waals surface area contributed by atoms with E-state index in [1.807, 2.05) is 24.6 Å². The Balaban J connectivity index is 1.44. The summed E-state index contributed by atoms with van der Waals surface area (Å²) in [7, 11) is 0. The fraction of sp³-hybridized carbons (Fsp3) is 0.393. The molecular weight excluding hydrogens is 455 g/mol. The van der Waals surface area contributed by atoms with Gasteiger partial charge in [0.15, 0.2) is 0 Å². The largest absolute Gasteiger partial charge is 0.340 e. The van der Waals surface area contributed by atoms with Gasteiger partial charge in [0.25, 0.3) is 5.56 Å². The summed E-state index contributed by atoms with van der Waals surface area (Å²) < 4.78 is 18.2. The maximum Gasteiger partial charge on any atom is 0.276 e. The summed E-state index contributed by atoms with van der Waals surface area (Å²) in [6.45, 7) is 8.80. The smallest absolute Gasteiger partial charge is 0.276 e. The first-order chi connectivity index (χ1) is 17.2. The molecule has 0 saturated heterocycles. The molecule has 0 radical (unpaired) electrons. The zero-order valence-corrected chi connectivity index (χ0v) is 21.1. The number of pyridine rings is 2. The van der Waals surface area contributed by atoms with Gasteiger partial charge in [0.2, 0.25) is 0 Å². The van der Waals surface area contributed by atoms with Crippen LogP contribution in [-0.4, -0.2) is 25.9 Å². The van der Waals surface area contributed by atoms with Crippen molar-refractivity contribution in [2.75, 3.05) is 11.9 Å². The number of hydrogen-bond donors (Lipinski definition) is 2. The van der Waals surface area contributed by atoms with Crippen LogP contribution in [0.3, 0.4) is 0 Å². The van der Waals surface area contributed by atoms with E-state index in [0.717, 1.165) is 18.8 Å². The molecule has 1 saturated carbocycles. The van der Waals surface area contributed by atoms with E-state index in [2.05, 4.69) is 38.8 Å². The molecule has 0 unspecified atom stereocenters. The van der Waals surface area contributed by atoms with Gasteiger partial charge in [-0.3, -0.25) is 9.78 Å². The van der Waals surface area contributed by atoms with E-state index in [9.17, 15) is 9.18 Å². The van der Waals surface area contributed by atoms with E-state index in [-0.39, 0.29) is 11.6 Å². The number of nitrogens with one attached hydrogen (secondary N) is 2. The first kappa shape index (κ1) is 22.9. The van der Waals surface area contributed by atoms with Gasteiger partial charge < -0.3 is 10.6 Å². The van der Waals surface area contributed by atoms with Crippen LogP contribution in [0, 0.1) is 0 Å². The Bertz CT molecular complexity index is 1540. The zero-order valence-electron chi connectivity index (χ0n) is 21.1. The van der Waals surface area contributed by atoms with Gasteiger partial charge in [0.1, 0.15) is 11.5 Å². The predicted molar refractivity (Wildman–Crippen MR) is 140 cm³/mol. The Morgan fingerprint density at radius 2 is 1.94 bits per heavy atom. The van der Waals surface area contributed by atoms with E-state index in [4.69, 9.17) is 0 Å². The average Bonchev–Trinajstić information content (AvgIpc) is 3.54. The van der Waals surface area contributed by atoms with Gasteiger partial charge in [-0.1, -0.05) is 6.07 Å². The zero-order chi connectivity index (χ0) is 25.2. The SMILES string of the molecule is CC(C)n1c(=O)c2cnc(Nc3ccc4c(c3)CNCC43CC3)cc2n1-c1ccnc(C(C)(C)F)c1. The molecule has 8 heteroatoms. The molecule has 0 amide bonds. The van der Waals surface area contributed by atoms with Gasteiger partial charge in [-0.2, -0.15) is 0 Å². The first-order valence-corrected chi connectivity index (χ1v) is 12.6. The van der Waals surface area contributed by atoms with Crippen molar-refractivity contribution in [2.24, 2.45) is 0 Å². The second-order valence-corrected chi connectivity index (χ2v) is 10.9. The Labute approximate surface area is 209 Å². The number of hydrogen-bond acceptors (Lipinski definition) is 5. The van der Waals surface area contributed by atoms with Gasteiger partial charge >= 0.3 is 0 Å². The van der Waals surface area contributed by atoms with Gasteiger partial charge in [0, 0.05) is 48.7 Å². The van der Waals surface area contributed by atoms with Crippen LogP contribution >= 0.6 is 0 Å². The van der Waals surface area contributed by atoms with Crippen molar-refractivity contribution in [3.8, 4) is 5.69 Å². The third-order valence-electron chi connectivity index (χ3n) is 7.43. The van der Waals surface area contributed by atoms with Crippen molar-refractivity contribution in [3.05, 3.63) is 76.0 Å². The molecular formula is C28H31FN6O. The lowest BCUT2D eigenvalue weighted by molar-refractivity contribution is 0.214. The summed E-state index contributed by atoms with van der Waals surface area (Å²) >= 11 is 0. The number of rotatable bonds is 5. The third-order valence-corrected chi connectivity index (χ3v) is 7.43. The maximum atomic E-state index is 14.7. The number of alkyl halides is 1. The summed E-state index contributed by atoms with van der Waals surface area (Å²) in [5, 5.41) is 7.50. The molecule has 3 aromatic heterocycles. The molecule has 1 aliphatic heterocycles. The Hall–Kier alpha value is -3.52. The molecule has 7 nitrogen and oxygen atoms in total. The number of aromatic nitrogens is 4. The number of nitrogens with zero attached hydrogens (tertiary/aromatic N) is 4. The molecule has 6 rings (SSSR count). The topological polar surface area (TPSA) is 76.8 Å². The summed E-state index contributed by atoms with van der Waals surface area (Å²) in [6.07, 6.45) is 5.70. The number of benzene rings is 1. The van der Waals surface area contributed by atoms with E-state index >= 15 is 0 Å². The van der Waals surface area contributed by atoms with Crippen LogP contribution in [0.5, 0.6) is 0 Å². The minimum Gasteiger partial charge on any atom is -0.340 e. The van der Waals surface area contributed by atoms with Crippen molar-refractivity contribution < 1.29 is 4.39 Å². The highest BCUT2D eigenvalue weighted by Crippen LogP contribution is 2.50. The van der Waals surface area contributed by atoms with E-state index < -0.39 is 5.67 Å². The molecule has 1 aromatic carbocycles. The number of anilines is 2. The monoisotopic (exact) mass is 486 g/mol. The minimum absolute atomic E-state index is 0.112. The van der Waals surface area contributed by atoms with Crippen molar-refractivity contribution in [3.63, 3.8) is 0 Å². The lowest BCUT2D eigenvalue weighted by atomic mass is 9.88. The molecule has 0 atom stereocenters. The Morgan fingerprint density at radius 3 is 2.67 bits per heavy atom. The second kappa shape index (κ2) is 8.00. The van der Waals surface area contributed by atoms with E-state index in [1.54, 1.807) is 29.2 Å². The standard InChI is InChI=1S/C28H31FN6O/c1-17(2)34-26(36)21-15-32-25(13-23(21)35(34)20-7-10-31-24(12-20)27(3,4)29)33-19-5-6-22-18(11-19)14-30-16-28(22)8-9-28/h5-7,10-13,15,17,30H,8-9,14,16H2,1-4H3,(H,32,33).